The largest absolute Gasteiger partial charge is 0.394 e. The molecule has 0 saturated heterocycles. The summed E-state index contributed by atoms with van der Waals surface area (Å²) in [6.07, 6.45) is 59.6. The van der Waals surface area contributed by atoms with Crippen LogP contribution in [0.4, 0.5) is 0 Å². The third-order valence-corrected chi connectivity index (χ3v) is 12.0. The van der Waals surface area contributed by atoms with Gasteiger partial charge in [0.1, 0.15) is 6.10 Å². The SMILES string of the molecule is CCCCCCCCCCCCCC/C=C\CCCCCCCCCCCCCCCC(O)C(=O)NC(CO)C(O)/C=C/CCCCCCCCCCCCCC. The van der Waals surface area contributed by atoms with E-state index in [9.17, 15) is 20.1 Å². The summed E-state index contributed by atoms with van der Waals surface area (Å²) in [5, 5.41) is 33.2. The normalized spacial score (nSPS) is 13.6. The number of aliphatic hydroxyl groups is 3. The first kappa shape index (κ1) is 55.8. The minimum atomic E-state index is -1.10. The van der Waals surface area contributed by atoms with Crippen molar-refractivity contribution in [3.05, 3.63) is 24.3 Å². The molecule has 0 heterocycles. The van der Waals surface area contributed by atoms with E-state index in [4.69, 9.17) is 0 Å². The second kappa shape index (κ2) is 47.5. The van der Waals surface area contributed by atoms with Gasteiger partial charge in [0.05, 0.1) is 18.8 Å². The molecule has 0 radical (unpaired) electrons. The quantitative estimate of drug-likeness (QED) is 0.0364. The first-order valence-electron chi connectivity index (χ1n) is 25.7. The topological polar surface area (TPSA) is 89.8 Å². The molecule has 0 fully saturated rings. The van der Waals surface area contributed by atoms with E-state index in [1.54, 1.807) is 6.08 Å². The summed E-state index contributed by atoms with van der Waals surface area (Å²) in [5.74, 6) is -0.500. The van der Waals surface area contributed by atoms with Crippen LogP contribution in [0.5, 0.6) is 0 Å². The number of amides is 1. The molecule has 4 N–H and O–H groups in total. The summed E-state index contributed by atoms with van der Waals surface area (Å²) in [6.45, 7) is 4.20. The van der Waals surface area contributed by atoms with Crippen molar-refractivity contribution in [2.45, 2.75) is 295 Å². The van der Waals surface area contributed by atoms with E-state index >= 15 is 0 Å². The van der Waals surface area contributed by atoms with Crippen LogP contribution >= 0.6 is 0 Å². The van der Waals surface area contributed by atoms with Gasteiger partial charge in [-0.05, 0) is 44.9 Å². The van der Waals surface area contributed by atoms with Gasteiger partial charge in [0, 0.05) is 0 Å². The molecule has 0 aromatic carbocycles. The summed E-state index contributed by atoms with van der Waals surface area (Å²) < 4.78 is 0. The van der Waals surface area contributed by atoms with Gasteiger partial charge in [-0.3, -0.25) is 4.79 Å². The van der Waals surface area contributed by atoms with Crippen molar-refractivity contribution < 1.29 is 20.1 Å². The van der Waals surface area contributed by atoms with Crippen molar-refractivity contribution in [1.82, 2.24) is 5.32 Å². The van der Waals surface area contributed by atoms with E-state index in [0.717, 1.165) is 32.1 Å². The first-order valence-corrected chi connectivity index (χ1v) is 25.7. The van der Waals surface area contributed by atoms with Gasteiger partial charge < -0.3 is 20.6 Å². The highest BCUT2D eigenvalue weighted by molar-refractivity contribution is 5.80. The van der Waals surface area contributed by atoms with Crippen LogP contribution in [0.25, 0.3) is 0 Å². The second-order valence-electron chi connectivity index (χ2n) is 17.7. The van der Waals surface area contributed by atoms with Crippen LogP contribution in [0.2, 0.25) is 0 Å². The number of rotatable bonds is 47. The van der Waals surface area contributed by atoms with Gasteiger partial charge in [0.15, 0.2) is 0 Å². The Morgan fingerprint density at radius 1 is 0.421 bits per heavy atom. The van der Waals surface area contributed by atoms with Crippen LogP contribution < -0.4 is 5.32 Å². The molecule has 5 heteroatoms. The number of carbonyl (C=O) groups excluding carboxylic acids is 1. The van der Waals surface area contributed by atoms with E-state index in [1.807, 2.05) is 6.08 Å². The van der Waals surface area contributed by atoms with Crippen LogP contribution in [0.3, 0.4) is 0 Å². The zero-order chi connectivity index (χ0) is 41.5. The number of unbranched alkanes of at least 4 members (excludes halogenated alkanes) is 37. The third-order valence-electron chi connectivity index (χ3n) is 12.0. The van der Waals surface area contributed by atoms with Crippen molar-refractivity contribution in [3.8, 4) is 0 Å². The molecule has 338 valence electrons. The number of hydrogen-bond donors (Lipinski definition) is 4. The van der Waals surface area contributed by atoms with Crippen LogP contribution in [-0.4, -0.2) is 46.1 Å². The Morgan fingerprint density at radius 3 is 1.02 bits per heavy atom. The lowest BCUT2D eigenvalue weighted by atomic mass is 10.0. The Bertz CT molecular complexity index is 844. The molecule has 0 saturated carbocycles. The highest BCUT2D eigenvalue weighted by Crippen LogP contribution is 2.16. The van der Waals surface area contributed by atoms with Gasteiger partial charge in [-0.15, -0.1) is 0 Å². The van der Waals surface area contributed by atoms with E-state index in [-0.39, 0.29) is 6.61 Å². The molecule has 1 amide bonds. The maximum atomic E-state index is 12.5. The van der Waals surface area contributed by atoms with Gasteiger partial charge in [0.2, 0.25) is 5.91 Å². The molecule has 0 bridgehead atoms. The minimum absolute atomic E-state index is 0.361. The molecule has 0 aromatic rings. The van der Waals surface area contributed by atoms with Crippen molar-refractivity contribution >= 4 is 5.91 Å². The maximum absolute atomic E-state index is 12.5. The maximum Gasteiger partial charge on any atom is 0.249 e. The number of carbonyl (C=O) groups is 1. The zero-order valence-electron chi connectivity index (χ0n) is 38.5. The Kier molecular flexibility index (Phi) is 46.5. The van der Waals surface area contributed by atoms with Crippen LogP contribution in [0, 0.1) is 0 Å². The van der Waals surface area contributed by atoms with Crippen LogP contribution in [0.15, 0.2) is 24.3 Å². The minimum Gasteiger partial charge on any atom is -0.394 e. The fourth-order valence-electron chi connectivity index (χ4n) is 8.01. The molecule has 0 aliphatic rings. The molecule has 3 unspecified atom stereocenters. The molecule has 0 aliphatic carbocycles. The fourth-order valence-corrected chi connectivity index (χ4v) is 8.01. The number of allylic oxidation sites excluding steroid dienone is 3. The first-order chi connectivity index (χ1) is 28.1. The van der Waals surface area contributed by atoms with Gasteiger partial charge in [-0.2, -0.15) is 0 Å². The Balaban J connectivity index is 3.54. The predicted octanol–water partition coefficient (Wildman–Crippen LogP) is 15.3. The lowest BCUT2D eigenvalue weighted by Crippen LogP contribution is -2.48. The smallest absolute Gasteiger partial charge is 0.249 e. The number of hydrogen-bond acceptors (Lipinski definition) is 4. The van der Waals surface area contributed by atoms with Gasteiger partial charge in [-0.25, -0.2) is 0 Å². The molecule has 57 heavy (non-hydrogen) atoms. The van der Waals surface area contributed by atoms with E-state index in [0.29, 0.717) is 6.42 Å². The monoisotopic (exact) mass is 804 g/mol. The summed E-state index contributed by atoms with van der Waals surface area (Å²) >= 11 is 0. The molecular formula is C52H101NO4. The molecule has 0 spiro atoms. The van der Waals surface area contributed by atoms with Crippen molar-refractivity contribution in [2.75, 3.05) is 6.61 Å². The summed E-state index contributed by atoms with van der Waals surface area (Å²) in [4.78, 5) is 12.5. The lowest BCUT2D eigenvalue weighted by Gasteiger charge is -2.21. The van der Waals surface area contributed by atoms with E-state index in [1.165, 1.54) is 225 Å². The van der Waals surface area contributed by atoms with Gasteiger partial charge in [-0.1, -0.05) is 256 Å². The molecule has 0 aromatic heterocycles. The average Bonchev–Trinajstić information content (AvgIpc) is 3.22. The van der Waals surface area contributed by atoms with Gasteiger partial charge in [0.25, 0.3) is 0 Å². The van der Waals surface area contributed by atoms with Crippen LogP contribution in [-0.2, 0) is 4.79 Å². The number of aliphatic hydroxyl groups excluding tert-OH is 3. The summed E-state index contributed by atoms with van der Waals surface area (Å²) in [7, 11) is 0. The van der Waals surface area contributed by atoms with Crippen molar-refractivity contribution in [2.24, 2.45) is 0 Å². The molecule has 3 atom stereocenters. The van der Waals surface area contributed by atoms with E-state index in [2.05, 4.69) is 31.3 Å². The summed E-state index contributed by atoms with van der Waals surface area (Å²) in [5.41, 5.74) is 0. The Morgan fingerprint density at radius 2 is 0.702 bits per heavy atom. The van der Waals surface area contributed by atoms with Gasteiger partial charge >= 0.3 is 0 Å². The standard InChI is InChI=1S/C52H101NO4/c1-3-5-7-9-11-13-15-17-19-20-21-22-23-24-25-26-27-28-29-30-31-32-33-35-37-39-41-43-45-47-51(56)52(57)53-49(48-54)50(55)46-44-42-40-38-36-34-18-16-14-12-10-8-6-4-2/h24-25,44,46,49-51,54-56H,3-23,26-43,45,47-48H2,1-2H3,(H,53,57)/b25-24-,46-44+. The third kappa shape index (κ3) is 42.8. The van der Waals surface area contributed by atoms with Crippen molar-refractivity contribution in [3.63, 3.8) is 0 Å². The number of nitrogens with one attached hydrogen (secondary N) is 1. The highest BCUT2D eigenvalue weighted by Gasteiger charge is 2.22. The molecule has 5 nitrogen and oxygen atoms in total. The predicted molar refractivity (Wildman–Crippen MR) is 250 cm³/mol. The second-order valence-corrected chi connectivity index (χ2v) is 17.7. The highest BCUT2D eigenvalue weighted by atomic mass is 16.3. The Hall–Kier alpha value is -1.17. The lowest BCUT2D eigenvalue weighted by molar-refractivity contribution is -0.131. The van der Waals surface area contributed by atoms with Crippen LogP contribution in [0.1, 0.15) is 277 Å². The molecule has 0 rings (SSSR count). The van der Waals surface area contributed by atoms with Crippen molar-refractivity contribution in [1.29, 1.82) is 0 Å². The molecular weight excluding hydrogens is 703 g/mol. The molecule has 0 aliphatic heterocycles. The summed E-state index contributed by atoms with van der Waals surface area (Å²) in [6, 6.07) is -0.795. The fraction of sp³-hybridized carbons (Fsp3) is 0.904. The Labute approximate surface area is 356 Å². The average molecular weight is 804 g/mol. The van der Waals surface area contributed by atoms with E-state index < -0.39 is 24.2 Å². The zero-order valence-corrected chi connectivity index (χ0v) is 38.5.